The van der Waals surface area contributed by atoms with E-state index in [1.807, 2.05) is 42.5 Å². The number of hydrogen-bond donors (Lipinski definition) is 0. The lowest BCUT2D eigenvalue weighted by Gasteiger charge is -2.16. The fourth-order valence-electron chi connectivity index (χ4n) is 2.85. The fourth-order valence-corrected chi connectivity index (χ4v) is 2.98. The van der Waals surface area contributed by atoms with Gasteiger partial charge in [0.15, 0.2) is 5.82 Å². The number of aromatic nitrogens is 2. The predicted molar refractivity (Wildman–Crippen MR) is 90.9 cm³/mol. The monoisotopic (exact) mass is 339 g/mol. The molecule has 5 nitrogen and oxygen atoms in total. The first-order chi connectivity index (χ1) is 11.7. The molecule has 1 saturated heterocycles. The minimum absolute atomic E-state index is 0.0494. The largest absolute Gasteiger partial charge is 0.334 e. The van der Waals surface area contributed by atoms with Crippen LogP contribution in [0.3, 0.4) is 0 Å². The van der Waals surface area contributed by atoms with Crippen LogP contribution in [-0.4, -0.2) is 22.6 Å². The first kappa shape index (κ1) is 14.9. The lowest BCUT2D eigenvalue weighted by Crippen LogP contribution is -2.24. The highest BCUT2D eigenvalue weighted by Crippen LogP contribution is 2.31. The number of anilines is 1. The Morgan fingerprint density at radius 2 is 1.83 bits per heavy atom. The molecule has 1 aliphatic heterocycles. The minimum atomic E-state index is -0.0746. The summed E-state index contributed by atoms with van der Waals surface area (Å²) in [6, 6.07) is 16.8. The smallest absolute Gasteiger partial charge is 0.257 e. The Morgan fingerprint density at radius 1 is 1.08 bits per heavy atom. The Balaban J connectivity index is 1.55. The van der Waals surface area contributed by atoms with Gasteiger partial charge in [-0.05, 0) is 36.4 Å². The van der Waals surface area contributed by atoms with Crippen LogP contribution >= 0.6 is 11.6 Å². The zero-order valence-corrected chi connectivity index (χ0v) is 13.5. The molecule has 2 heterocycles. The summed E-state index contributed by atoms with van der Waals surface area (Å²) in [7, 11) is 0. The predicted octanol–water partition coefficient (Wildman–Crippen LogP) is 3.91. The molecule has 0 saturated carbocycles. The molecule has 0 aliphatic carbocycles. The molecule has 0 spiro atoms. The minimum Gasteiger partial charge on any atom is -0.334 e. The van der Waals surface area contributed by atoms with E-state index >= 15 is 0 Å². The molecule has 1 aliphatic rings. The van der Waals surface area contributed by atoms with Crippen molar-refractivity contribution in [1.82, 2.24) is 10.1 Å². The van der Waals surface area contributed by atoms with Crippen LogP contribution in [0.4, 0.5) is 5.69 Å². The Bertz CT molecular complexity index is 861. The van der Waals surface area contributed by atoms with E-state index < -0.39 is 0 Å². The number of benzene rings is 2. The molecule has 0 bridgehead atoms. The Morgan fingerprint density at radius 3 is 2.58 bits per heavy atom. The van der Waals surface area contributed by atoms with Gasteiger partial charge in [-0.3, -0.25) is 4.79 Å². The van der Waals surface area contributed by atoms with Gasteiger partial charge >= 0.3 is 0 Å². The molecule has 3 aromatic rings. The van der Waals surface area contributed by atoms with Gasteiger partial charge in [-0.25, -0.2) is 0 Å². The van der Waals surface area contributed by atoms with E-state index in [1.165, 1.54) is 0 Å². The molecule has 4 rings (SSSR count). The maximum Gasteiger partial charge on any atom is 0.257 e. The van der Waals surface area contributed by atoms with E-state index in [9.17, 15) is 4.79 Å². The molecule has 1 amide bonds. The van der Waals surface area contributed by atoms with Crippen molar-refractivity contribution in [1.29, 1.82) is 0 Å². The second-order valence-corrected chi connectivity index (χ2v) is 6.14. The van der Waals surface area contributed by atoms with Gasteiger partial charge in [-0.2, -0.15) is 4.98 Å². The van der Waals surface area contributed by atoms with E-state index in [1.54, 1.807) is 17.0 Å². The lowest BCUT2D eigenvalue weighted by atomic mass is 10.1. The fraction of sp³-hybridized carbons (Fsp3) is 0.167. The van der Waals surface area contributed by atoms with Gasteiger partial charge in [0.2, 0.25) is 5.91 Å². The Labute approximate surface area is 143 Å². The molecule has 1 aromatic heterocycles. The highest BCUT2D eigenvalue weighted by Gasteiger charge is 2.34. The highest BCUT2D eigenvalue weighted by molar-refractivity contribution is 6.30. The summed E-state index contributed by atoms with van der Waals surface area (Å²) in [5.41, 5.74) is 1.70. The van der Waals surface area contributed by atoms with Gasteiger partial charge in [-0.1, -0.05) is 35.0 Å². The third-order valence-electron chi connectivity index (χ3n) is 4.09. The quantitative estimate of drug-likeness (QED) is 0.726. The summed E-state index contributed by atoms with van der Waals surface area (Å²) in [4.78, 5) is 18.5. The maximum atomic E-state index is 12.3. The van der Waals surface area contributed by atoms with Crippen LogP contribution in [0.15, 0.2) is 59.1 Å². The topological polar surface area (TPSA) is 59.2 Å². The van der Waals surface area contributed by atoms with Crippen LogP contribution in [0.1, 0.15) is 18.2 Å². The third-order valence-corrected chi connectivity index (χ3v) is 4.34. The SMILES string of the molecule is O=C1CC(c2noc(-c3ccccc3)n2)CN1c1ccc(Cl)cc1. The van der Waals surface area contributed by atoms with Gasteiger partial charge in [0, 0.05) is 35.2 Å². The summed E-state index contributed by atoms with van der Waals surface area (Å²) >= 11 is 5.90. The van der Waals surface area contributed by atoms with Gasteiger partial charge in [0.05, 0.1) is 0 Å². The molecular formula is C18H14ClN3O2. The molecule has 1 fully saturated rings. The third kappa shape index (κ3) is 2.78. The van der Waals surface area contributed by atoms with Crippen LogP contribution in [-0.2, 0) is 4.79 Å². The number of halogens is 1. The van der Waals surface area contributed by atoms with Gasteiger partial charge in [0.25, 0.3) is 5.89 Å². The van der Waals surface area contributed by atoms with Crippen LogP contribution in [0, 0.1) is 0 Å². The number of nitrogens with zero attached hydrogens (tertiary/aromatic N) is 3. The molecule has 24 heavy (non-hydrogen) atoms. The van der Waals surface area contributed by atoms with Crippen molar-refractivity contribution in [3.05, 3.63) is 65.4 Å². The summed E-state index contributed by atoms with van der Waals surface area (Å²) in [5.74, 6) is 1.02. The summed E-state index contributed by atoms with van der Waals surface area (Å²) in [6.07, 6.45) is 0.371. The molecule has 0 radical (unpaired) electrons. The van der Waals surface area contributed by atoms with Crippen LogP contribution < -0.4 is 4.90 Å². The lowest BCUT2D eigenvalue weighted by molar-refractivity contribution is -0.117. The van der Waals surface area contributed by atoms with Crippen LogP contribution in [0.5, 0.6) is 0 Å². The molecule has 120 valence electrons. The Hall–Kier alpha value is -2.66. The second kappa shape index (κ2) is 6.09. The normalized spacial score (nSPS) is 17.5. The number of rotatable bonds is 3. The zero-order valence-electron chi connectivity index (χ0n) is 12.7. The van der Waals surface area contributed by atoms with Gasteiger partial charge in [0.1, 0.15) is 0 Å². The average molecular weight is 340 g/mol. The summed E-state index contributed by atoms with van der Waals surface area (Å²) in [5, 5.41) is 4.71. The van der Waals surface area contributed by atoms with Gasteiger partial charge < -0.3 is 9.42 Å². The van der Waals surface area contributed by atoms with E-state index in [4.69, 9.17) is 16.1 Å². The standard InChI is InChI=1S/C18H14ClN3O2/c19-14-6-8-15(9-7-14)22-11-13(10-16(22)23)17-20-18(24-21-17)12-4-2-1-3-5-12/h1-9,13H,10-11H2. The average Bonchev–Trinajstić information content (AvgIpc) is 3.23. The summed E-state index contributed by atoms with van der Waals surface area (Å²) < 4.78 is 5.35. The van der Waals surface area contributed by atoms with Crippen molar-refractivity contribution in [2.75, 3.05) is 11.4 Å². The van der Waals surface area contributed by atoms with Crippen LogP contribution in [0.2, 0.25) is 5.02 Å². The van der Waals surface area contributed by atoms with Crippen molar-refractivity contribution in [2.45, 2.75) is 12.3 Å². The van der Waals surface area contributed by atoms with E-state index in [2.05, 4.69) is 10.1 Å². The summed E-state index contributed by atoms with van der Waals surface area (Å²) in [6.45, 7) is 0.536. The number of hydrogen-bond acceptors (Lipinski definition) is 4. The number of carbonyl (C=O) groups excluding carboxylic acids is 1. The van der Waals surface area contributed by atoms with Crippen molar-refractivity contribution in [3.8, 4) is 11.5 Å². The Kier molecular flexibility index (Phi) is 3.78. The van der Waals surface area contributed by atoms with Crippen molar-refractivity contribution < 1.29 is 9.32 Å². The zero-order chi connectivity index (χ0) is 16.5. The van der Waals surface area contributed by atoms with Crippen molar-refractivity contribution in [2.24, 2.45) is 0 Å². The molecular weight excluding hydrogens is 326 g/mol. The molecule has 1 atom stereocenters. The van der Waals surface area contributed by atoms with E-state index in [0.717, 1.165) is 11.3 Å². The number of amides is 1. The second-order valence-electron chi connectivity index (χ2n) is 5.71. The highest BCUT2D eigenvalue weighted by atomic mass is 35.5. The van der Waals surface area contributed by atoms with Crippen molar-refractivity contribution >= 4 is 23.2 Å². The maximum absolute atomic E-state index is 12.3. The number of carbonyl (C=O) groups is 1. The van der Waals surface area contributed by atoms with E-state index in [0.29, 0.717) is 29.7 Å². The van der Waals surface area contributed by atoms with E-state index in [-0.39, 0.29) is 11.8 Å². The van der Waals surface area contributed by atoms with Crippen molar-refractivity contribution in [3.63, 3.8) is 0 Å². The first-order valence-corrected chi connectivity index (χ1v) is 8.03. The van der Waals surface area contributed by atoms with Crippen LogP contribution in [0.25, 0.3) is 11.5 Å². The molecule has 0 N–H and O–H groups in total. The molecule has 2 aromatic carbocycles. The van der Waals surface area contributed by atoms with Gasteiger partial charge in [-0.15, -0.1) is 0 Å². The molecule has 6 heteroatoms. The molecule has 1 unspecified atom stereocenters. The first-order valence-electron chi connectivity index (χ1n) is 7.65.